The maximum Gasteiger partial charge on any atom is 0.332 e. The zero-order valence-electron chi connectivity index (χ0n) is 12.9. The van der Waals surface area contributed by atoms with E-state index in [2.05, 4.69) is 15.0 Å². The highest BCUT2D eigenvalue weighted by Crippen LogP contribution is 2.25. The second kappa shape index (κ2) is 5.38. The van der Waals surface area contributed by atoms with E-state index in [0.717, 1.165) is 5.39 Å². The van der Waals surface area contributed by atoms with Crippen LogP contribution in [-0.4, -0.2) is 26.1 Å². The van der Waals surface area contributed by atoms with Crippen LogP contribution in [0.1, 0.15) is 6.92 Å². The van der Waals surface area contributed by atoms with Gasteiger partial charge in [0.2, 0.25) is 5.56 Å². The second-order valence-electron chi connectivity index (χ2n) is 5.30. The average Bonchev–Trinajstić information content (AvgIpc) is 2.91. The monoisotopic (exact) mass is 322 g/mol. The third kappa shape index (κ3) is 2.18. The van der Waals surface area contributed by atoms with Gasteiger partial charge in [-0.05, 0) is 31.2 Å². The first kappa shape index (κ1) is 14.3. The molecule has 0 bridgehead atoms. The van der Waals surface area contributed by atoms with Crippen LogP contribution in [0.5, 0.6) is 5.75 Å². The van der Waals surface area contributed by atoms with Crippen LogP contribution in [-0.2, 0) is 0 Å². The molecule has 7 nitrogen and oxygen atoms in total. The van der Waals surface area contributed by atoms with Crippen molar-refractivity contribution < 1.29 is 4.74 Å². The number of rotatable bonds is 3. The Bertz CT molecular complexity index is 1170. The van der Waals surface area contributed by atoms with E-state index in [-0.39, 0.29) is 11.2 Å². The van der Waals surface area contributed by atoms with Gasteiger partial charge < -0.3 is 9.72 Å². The Balaban J connectivity index is 2.02. The summed E-state index contributed by atoms with van der Waals surface area (Å²) in [5, 5.41) is 0.829. The van der Waals surface area contributed by atoms with Gasteiger partial charge >= 0.3 is 5.69 Å². The molecule has 0 saturated carbocycles. The van der Waals surface area contributed by atoms with Crippen molar-refractivity contribution in [3.63, 3.8) is 0 Å². The van der Waals surface area contributed by atoms with Crippen molar-refractivity contribution in [1.82, 2.24) is 19.5 Å². The fraction of sp³-hybridized carbons (Fsp3) is 0.118. The van der Waals surface area contributed by atoms with Crippen molar-refractivity contribution in [2.45, 2.75) is 6.92 Å². The Labute approximate surface area is 135 Å². The predicted molar refractivity (Wildman–Crippen MR) is 91.0 cm³/mol. The van der Waals surface area contributed by atoms with Crippen LogP contribution in [0.25, 0.3) is 27.8 Å². The molecule has 0 radical (unpaired) electrons. The highest BCUT2D eigenvalue weighted by atomic mass is 16.5. The van der Waals surface area contributed by atoms with Gasteiger partial charge in [0.15, 0.2) is 5.65 Å². The van der Waals surface area contributed by atoms with E-state index in [1.54, 1.807) is 30.5 Å². The smallest absolute Gasteiger partial charge is 0.332 e. The maximum atomic E-state index is 12.4. The highest BCUT2D eigenvalue weighted by Gasteiger charge is 2.15. The van der Waals surface area contributed by atoms with Crippen LogP contribution in [0.15, 0.2) is 52.2 Å². The van der Waals surface area contributed by atoms with Gasteiger partial charge in [-0.15, -0.1) is 0 Å². The predicted octanol–water partition coefficient (Wildman–Crippen LogP) is 1.95. The lowest BCUT2D eigenvalue weighted by Crippen LogP contribution is -2.15. The molecule has 4 rings (SSSR count). The molecule has 2 N–H and O–H groups in total. The Morgan fingerprint density at radius 2 is 2.00 bits per heavy atom. The molecule has 0 aliphatic rings. The number of benzene rings is 1. The summed E-state index contributed by atoms with van der Waals surface area (Å²) in [7, 11) is 0. The summed E-state index contributed by atoms with van der Waals surface area (Å²) in [4.78, 5) is 33.5. The molecular formula is C17H14N4O3. The van der Waals surface area contributed by atoms with E-state index in [9.17, 15) is 9.59 Å². The number of nitrogens with one attached hydrogen (secondary N) is 2. The summed E-state index contributed by atoms with van der Waals surface area (Å²) in [5.41, 5.74) is 1.97. The van der Waals surface area contributed by atoms with Crippen LogP contribution in [0.3, 0.4) is 0 Å². The van der Waals surface area contributed by atoms with Gasteiger partial charge in [-0.3, -0.25) is 14.3 Å². The number of aromatic nitrogens is 4. The molecule has 1 aromatic carbocycles. The van der Waals surface area contributed by atoms with Crippen molar-refractivity contribution in [3.05, 3.63) is 63.4 Å². The SMILES string of the molecule is CCOc1ccnc2[nH]c(=O)n(-c3ccc4[nH]c(=O)ccc4c3)c12. The molecule has 0 atom stereocenters. The minimum atomic E-state index is -0.298. The minimum absolute atomic E-state index is 0.164. The second-order valence-corrected chi connectivity index (χ2v) is 5.30. The number of H-pyrrole nitrogens is 2. The Morgan fingerprint density at radius 3 is 2.83 bits per heavy atom. The third-order valence-electron chi connectivity index (χ3n) is 3.80. The molecular weight excluding hydrogens is 308 g/mol. The van der Waals surface area contributed by atoms with Gasteiger partial charge in [0.05, 0.1) is 12.3 Å². The largest absolute Gasteiger partial charge is 0.491 e. The lowest BCUT2D eigenvalue weighted by Gasteiger charge is -2.09. The van der Waals surface area contributed by atoms with Crippen molar-refractivity contribution in [2.75, 3.05) is 6.61 Å². The van der Waals surface area contributed by atoms with E-state index in [0.29, 0.717) is 34.7 Å². The number of imidazole rings is 1. The van der Waals surface area contributed by atoms with E-state index in [1.807, 2.05) is 13.0 Å². The first-order valence-electron chi connectivity index (χ1n) is 7.53. The molecule has 0 unspecified atom stereocenters. The maximum absolute atomic E-state index is 12.4. The van der Waals surface area contributed by atoms with Gasteiger partial charge in [0.25, 0.3) is 0 Å². The van der Waals surface area contributed by atoms with Crippen molar-refractivity contribution in [1.29, 1.82) is 0 Å². The van der Waals surface area contributed by atoms with Crippen LogP contribution in [0, 0.1) is 0 Å². The van der Waals surface area contributed by atoms with Crippen LogP contribution in [0.2, 0.25) is 0 Å². The van der Waals surface area contributed by atoms with Crippen LogP contribution in [0.4, 0.5) is 0 Å². The molecule has 0 saturated heterocycles. The molecule has 24 heavy (non-hydrogen) atoms. The van der Waals surface area contributed by atoms with Crippen LogP contribution >= 0.6 is 0 Å². The Hall–Kier alpha value is -3.35. The standard InChI is InChI=1S/C17H14N4O3/c1-2-24-13-7-8-18-16-15(13)21(17(23)20-16)11-4-5-12-10(9-11)3-6-14(22)19-12/h3-9H,2H2,1H3,(H,19,22)(H,18,20,23). The van der Waals surface area contributed by atoms with E-state index < -0.39 is 0 Å². The average molecular weight is 322 g/mol. The third-order valence-corrected chi connectivity index (χ3v) is 3.80. The topological polar surface area (TPSA) is 92.8 Å². The molecule has 7 heteroatoms. The van der Waals surface area contributed by atoms with E-state index in [4.69, 9.17) is 4.74 Å². The number of nitrogens with zero attached hydrogens (tertiary/aromatic N) is 2. The van der Waals surface area contributed by atoms with Crippen molar-refractivity contribution >= 4 is 22.1 Å². The molecule has 3 aromatic heterocycles. The summed E-state index contributed by atoms with van der Waals surface area (Å²) < 4.78 is 7.16. The lowest BCUT2D eigenvalue weighted by atomic mass is 10.2. The number of hydrogen-bond donors (Lipinski definition) is 2. The first-order chi connectivity index (χ1) is 11.7. The zero-order chi connectivity index (χ0) is 16.7. The van der Waals surface area contributed by atoms with Crippen molar-refractivity contribution in [2.24, 2.45) is 0 Å². The molecule has 120 valence electrons. The molecule has 0 aliphatic heterocycles. The van der Waals surface area contributed by atoms with Crippen LogP contribution < -0.4 is 16.0 Å². The zero-order valence-corrected chi connectivity index (χ0v) is 12.9. The quantitative estimate of drug-likeness (QED) is 0.603. The summed E-state index contributed by atoms with van der Waals surface area (Å²) >= 11 is 0. The van der Waals surface area contributed by atoms with Gasteiger partial charge in [0, 0.05) is 29.2 Å². The Kier molecular flexibility index (Phi) is 3.19. The van der Waals surface area contributed by atoms with Gasteiger partial charge in [0.1, 0.15) is 11.3 Å². The molecule has 0 spiro atoms. The number of aromatic amines is 2. The van der Waals surface area contributed by atoms with E-state index >= 15 is 0 Å². The number of hydrogen-bond acceptors (Lipinski definition) is 4. The van der Waals surface area contributed by atoms with Gasteiger partial charge in [-0.1, -0.05) is 0 Å². The fourth-order valence-electron chi connectivity index (χ4n) is 2.80. The summed E-state index contributed by atoms with van der Waals surface area (Å²) in [5.74, 6) is 0.586. The molecule has 3 heterocycles. The minimum Gasteiger partial charge on any atom is -0.491 e. The highest BCUT2D eigenvalue weighted by molar-refractivity contribution is 5.84. The molecule has 4 aromatic rings. The number of fused-ring (bicyclic) bond motifs is 2. The number of pyridine rings is 2. The molecule has 0 aliphatic carbocycles. The summed E-state index contributed by atoms with van der Waals surface area (Å²) in [6.07, 6.45) is 1.60. The molecule has 0 amide bonds. The van der Waals surface area contributed by atoms with E-state index in [1.165, 1.54) is 10.6 Å². The first-order valence-corrected chi connectivity index (χ1v) is 7.53. The van der Waals surface area contributed by atoms with Crippen molar-refractivity contribution in [3.8, 4) is 11.4 Å². The normalized spacial score (nSPS) is 11.2. The van der Waals surface area contributed by atoms with Gasteiger partial charge in [-0.2, -0.15) is 0 Å². The summed E-state index contributed by atoms with van der Waals surface area (Å²) in [6.45, 7) is 2.37. The van der Waals surface area contributed by atoms with Gasteiger partial charge in [-0.25, -0.2) is 9.78 Å². The lowest BCUT2D eigenvalue weighted by molar-refractivity contribution is 0.343. The number of ether oxygens (including phenoxy) is 1. The Morgan fingerprint density at radius 1 is 1.12 bits per heavy atom. The molecule has 0 fully saturated rings. The fourth-order valence-corrected chi connectivity index (χ4v) is 2.80. The summed E-state index contributed by atoms with van der Waals surface area (Å²) in [6, 6.07) is 10.3.